The van der Waals surface area contributed by atoms with E-state index in [0.29, 0.717) is 11.9 Å². The van der Waals surface area contributed by atoms with E-state index in [2.05, 4.69) is 20.6 Å². The van der Waals surface area contributed by atoms with Crippen molar-refractivity contribution >= 4 is 11.8 Å². The van der Waals surface area contributed by atoms with Crippen molar-refractivity contribution < 1.29 is 4.74 Å². The minimum absolute atomic E-state index is 0.691. The second kappa shape index (κ2) is 6.54. The molecule has 0 spiro atoms. The summed E-state index contributed by atoms with van der Waals surface area (Å²) in [4.78, 5) is 8.78. The Kier molecular flexibility index (Phi) is 4.75. The lowest BCUT2D eigenvalue weighted by Gasteiger charge is -2.22. The maximum absolute atomic E-state index is 5.36. The Hall–Kier alpha value is -1.36. The lowest BCUT2D eigenvalue weighted by Crippen LogP contribution is -2.23. The summed E-state index contributed by atoms with van der Waals surface area (Å²) in [5.74, 6) is 2.30. The monoisotopic (exact) mass is 250 g/mol. The van der Waals surface area contributed by atoms with Crippen LogP contribution in [0.2, 0.25) is 0 Å². The summed E-state index contributed by atoms with van der Waals surface area (Å²) in [5, 5.41) is 6.55. The zero-order valence-electron chi connectivity index (χ0n) is 11.2. The van der Waals surface area contributed by atoms with Gasteiger partial charge in [0.05, 0.1) is 0 Å². The van der Waals surface area contributed by atoms with Crippen molar-refractivity contribution in [1.29, 1.82) is 0 Å². The Morgan fingerprint density at radius 3 is 2.78 bits per heavy atom. The molecule has 2 heterocycles. The third kappa shape index (κ3) is 3.84. The van der Waals surface area contributed by atoms with Crippen molar-refractivity contribution in [1.82, 2.24) is 9.97 Å². The predicted octanol–water partition coefficient (Wildman–Crippen LogP) is 2.06. The molecule has 0 aromatic carbocycles. The predicted molar refractivity (Wildman–Crippen MR) is 73.0 cm³/mol. The topological polar surface area (TPSA) is 59.1 Å². The van der Waals surface area contributed by atoms with Crippen LogP contribution in [0.25, 0.3) is 0 Å². The fraction of sp³-hybridized carbons (Fsp3) is 0.692. The van der Waals surface area contributed by atoms with Gasteiger partial charge in [0.25, 0.3) is 0 Å². The minimum Gasteiger partial charge on any atom is -0.381 e. The van der Waals surface area contributed by atoms with Gasteiger partial charge in [0.15, 0.2) is 0 Å². The molecule has 5 nitrogen and oxygen atoms in total. The maximum Gasteiger partial charge on any atom is 0.224 e. The van der Waals surface area contributed by atoms with Crippen LogP contribution in [-0.2, 0) is 4.74 Å². The van der Waals surface area contributed by atoms with Gasteiger partial charge in [0.1, 0.15) is 5.82 Å². The molecule has 0 radical (unpaired) electrons. The fourth-order valence-electron chi connectivity index (χ4n) is 2.10. The lowest BCUT2D eigenvalue weighted by atomic mass is 10.0. The van der Waals surface area contributed by atoms with Crippen LogP contribution in [0.1, 0.15) is 25.5 Å². The summed E-state index contributed by atoms with van der Waals surface area (Å²) in [6, 6.07) is 1.99. The molecule has 1 aliphatic rings. The molecule has 0 aliphatic carbocycles. The standard InChI is InChI=1S/C13H22N4O/c1-3-14-13-16-10(2)8-12(17-13)15-9-11-4-6-18-7-5-11/h8,11H,3-7,9H2,1-2H3,(H2,14,15,16,17). The number of nitrogens with one attached hydrogen (secondary N) is 2. The van der Waals surface area contributed by atoms with E-state index in [-0.39, 0.29) is 0 Å². The summed E-state index contributed by atoms with van der Waals surface area (Å²) in [5.41, 5.74) is 0.982. The van der Waals surface area contributed by atoms with Crippen LogP contribution in [-0.4, -0.2) is 36.3 Å². The number of hydrogen-bond acceptors (Lipinski definition) is 5. The molecule has 1 saturated heterocycles. The van der Waals surface area contributed by atoms with E-state index in [1.807, 2.05) is 19.9 Å². The first kappa shape index (κ1) is 13.1. The Balaban J connectivity index is 1.91. The number of rotatable bonds is 5. The van der Waals surface area contributed by atoms with Gasteiger partial charge in [0.2, 0.25) is 5.95 Å². The molecule has 1 aliphatic heterocycles. The smallest absolute Gasteiger partial charge is 0.224 e. The van der Waals surface area contributed by atoms with Crippen molar-refractivity contribution in [3.05, 3.63) is 11.8 Å². The number of aryl methyl sites for hydroxylation is 1. The quantitative estimate of drug-likeness (QED) is 0.837. The number of anilines is 2. The summed E-state index contributed by atoms with van der Waals surface area (Å²) >= 11 is 0. The van der Waals surface area contributed by atoms with Crippen LogP contribution in [0.3, 0.4) is 0 Å². The molecule has 100 valence electrons. The first-order chi connectivity index (χ1) is 8.78. The normalized spacial score (nSPS) is 16.6. The van der Waals surface area contributed by atoms with Crippen molar-refractivity contribution in [2.45, 2.75) is 26.7 Å². The number of hydrogen-bond donors (Lipinski definition) is 2. The van der Waals surface area contributed by atoms with Crippen LogP contribution >= 0.6 is 0 Å². The molecule has 18 heavy (non-hydrogen) atoms. The molecule has 0 saturated carbocycles. The van der Waals surface area contributed by atoms with Crippen LogP contribution < -0.4 is 10.6 Å². The fourth-order valence-corrected chi connectivity index (χ4v) is 2.10. The van der Waals surface area contributed by atoms with Crippen molar-refractivity contribution in [2.24, 2.45) is 5.92 Å². The Morgan fingerprint density at radius 2 is 2.06 bits per heavy atom. The molecule has 0 atom stereocenters. The second-order valence-electron chi connectivity index (χ2n) is 4.69. The molecule has 0 unspecified atom stereocenters. The largest absolute Gasteiger partial charge is 0.381 e. The molecule has 0 bridgehead atoms. The number of ether oxygens (including phenoxy) is 1. The summed E-state index contributed by atoms with van der Waals surface area (Å²) in [6.07, 6.45) is 2.27. The maximum atomic E-state index is 5.36. The highest BCUT2D eigenvalue weighted by molar-refractivity contribution is 5.42. The van der Waals surface area contributed by atoms with E-state index < -0.39 is 0 Å². The molecule has 1 aromatic rings. The number of nitrogens with zero attached hydrogens (tertiary/aromatic N) is 2. The first-order valence-corrected chi connectivity index (χ1v) is 6.69. The van der Waals surface area contributed by atoms with Gasteiger partial charge in [-0.05, 0) is 32.6 Å². The van der Waals surface area contributed by atoms with Gasteiger partial charge in [-0.1, -0.05) is 0 Å². The van der Waals surface area contributed by atoms with Gasteiger partial charge in [-0.15, -0.1) is 0 Å². The summed E-state index contributed by atoms with van der Waals surface area (Å²) in [7, 11) is 0. The molecular formula is C13H22N4O. The Bertz CT molecular complexity index is 377. The van der Waals surface area contributed by atoms with Gasteiger partial charge >= 0.3 is 0 Å². The van der Waals surface area contributed by atoms with Gasteiger partial charge in [0, 0.05) is 38.1 Å². The molecule has 1 fully saturated rings. The SMILES string of the molecule is CCNc1nc(C)cc(NCC2CCOCC2)n1. The second-order valence-corrected chi connectivity index (χ2v) is 4.69. The minimum atomic E-state index is 0.691. The van der Waals surface area contributed by atoms with Gasteiger partial charge in [-0.2, -0.15) is 4.98 Å². The highest BCUT2D eigenvalue weighted by Gasteiger charge is 2.13. The van der Waals surface area contributed by atoms with Crippen molar-refractivity contribution in [2.75, 3.05) is 36.9 Å². The Morgan fingerprint density at radius 1 is 1.28 bits per heavy atom. The van der Waals surface area contributed by atoms with E-state index in [0.717, 1.165) is 50.7 Å². The highest BCUT2D eigenvalue weighted by Crippen LogP contribution is 2.16. The average Bonchev–Trinajstić information content (AvgIpc) is 2.37. The van der Waals surface area contributed by atoms with Crippen LogP contribution in [0.5, 0.6) is 0 Å². The third-order valence-electron chi connectivity index (χ3n) is 3.10. The summed E-state index contributed by atoms with van der Waals surface area (Å²) in [6.45, 7) is 7.60. The number of aromatic nitrogens is 2. The van der Waals surface area contributed by atoms with E-state index in [9.17, 15) is 0 Å². The van der Waals surface area contributed by atoms with E-state index in [4.69, 9.17) is 4.74 Å². The van der Waals surface area contributed by atoms with Crippen molar-refractivity contribution in [3.63, 3.8) is 0 Å². The average molecular weight is 250 g/mol. The highest BCUT2D eigenvalue weighted by atomic mass is 16.5. The third-order valence-corrected chi connectivity index (χ3v) is 3.10. The van der Waals surface area contributed by atoms with E-state index >= 15 is 0 Å². The Labute approximate surface area is 108 Å². The van der Waals surface area contributed by atoms with Crippen LogP contribution in [0, 0.1) is 12.8 Å². The van der Waals surface area contributed by atoms with E-state index in [1.165, 1.54) is 0 Å². The molecule has 2 N–H and O–H groups in total. The molecule has 5 heteroatoms. The van der Waals surface area contributed by atoms with Gasteiger partial charge in [-0.3, -0.25) is 0 Å². The molecule has 0 amide bonds. The van der Waals surface area contributed by atoms with Crippen LogP contribution in [0.4, 0.5) is 11.8 Å². The van der Waals surface area contributed by atoms with Crippen LogP contribution in [0.15, 0.2) is 6.07 Å². The van der Waals surface area contributed by atoms with Crippen molar-refractivity contribution in [3.8, 4) is 0 Å². The zero-order chi connectivity index (χ0) is 12.8. The van der Waals surface area contributed by atoms with E-state index in [1.54, 1.807) is 0 Å². The lowest BCUT2D eigenvalue weighted by molar-refractivity contribution is 0.0699. The zero-order valence-corrected chi connectivity index (χ0v) is 11.2. The molecular weight excluding hydrogens is 228 g/mol. The first-order valence-electron chi connectivity index (χ1n) is 6.69. The van der Waals surface area contributed by atoms with Gasteiger partial charge < -0.3 is 15.4 Å². The summed E-state index contributed by atoms with van der Waals surface area (Å²) < 4.78 is 5.36. The van der Waals surface area contributed by atoms with Gasteiger partial charge in [-0.25, -0.2) is 4.98 Å². The molecule has 2 rings (SSSR count). The molecule has 1 aromatic heterocycles.